The van der Waals surface area contributed by atoms with Crippen LogP contribution in [0, 0.1) is 23.1 Å². The normalized spacial score (nSPS) is 30.4. The lowest BCUT2D eigenvalue weighted by Crippen LogP contribution is -2.36. The molecule has 0 saturated heterocycles. The molecule has 0 heterocycles. The van der Waals surface area contributed by atoms with E-state index >= 15 is 0 Å². The first-order valence-corrected chi connectivity index (χ1v) is 8.13. The Bertz CT molecular complexity index is 498. The Labute approximate surface area is 131 Å². The van der Waals surface area contributed by atoms with Crippen LogP contribution < -0.4 is 5.32 Å². The Kier molecular flexibility index (Phi) is 4.53. The van der Waals surface area contributed by atoms with E-state index in [9.17, 15) is 4.39 Å². The average Bonchev–Trinajstić information content (AvgIpc) is 3.07. The second-order valence-electron chi connectivity index (χ2n) is 6.76. The summed E-state index contributed by atoms with van der Waals surface area (Å²) in [5.74, 6) is 1.51. The summed E-state index contributed by atoms with van der Waals surface area (Å²) in [4.78, 5) is 0. The van der Waals surface area contributed by atoms with E-state index < -0.39 is 0 Å². The Hall–Kier alpha value is -0.640. The average molecular weight is 312 g/mol. The zero-order chi connectivity index (χ0) is 14.9. The number of halogens is 2. The molecule has 2 aliphatic rings. The van der Waals surface area contributed by atoms with Gasteiger partial charge in [-0.3, -0.25) is 0 Å². The van der Waals surface area contributed by atoms with E-state index in [4.69, 9.17) is 16.3 Å². The molecule has 0 spiro atoms. The topological polar surface area (TPSA) is 21.3 Å². The minimum absolute atomic E-state index is 0.234. The summed E-state index contributed by atoms with van der Waals surface area (Å²) in [7, 11) is 1.72. The number of rotatable bonds is 7. The van der Waals surface area contributed by atoms with Crippen molar-refractivity contribution in [3.63, 3.8) is 0 Å². The van der Waals surface area contributed by atoms with Gasteiger partial charge in [-0.2, -0.15) is 0 Å². The monoisotopic (exact) mass is 311 g/mol. The van der Waals surface area contributed by atoms with Crippen LogP contribution in [-0.4, -0.2) is 26.8 Å². The molecule has 2 saturated carbocycles. The second kappa shape index (κ2) is 6.23. The largest absolute Gasteiger partial charge is 0.383 e. The second-order valence-corrected chi connectivity index (χ2v) is 7.17. The predicted octanol–water partition coefficient (Wildman–Crippen LogP) is 3.67. The molecule has 1 N–H and O–H groups in total. The van der Waals surface area contributed by atoms with Crippen molar-refractivity contribution in [2.24, 2.45) is 17.3 Å². The lowest BCUT2D eigenvalue weighted by molar-refractivity contribution is 0.186. The zero-order valence-corrected chi connectivity index (χ0v) is 13.3. The van der Waals surface area contributed by atoms with Crippen LogP contribution >= 0.6 is 11.6 Å². The third-order valence-electron chi connectivity index (χ3n) is 5.01. The number of fused-ring (bicyclic) bond motifs is 1. The first-order valence-electron chi connectivity index (χ1n) is 7.75. The summed E-state index contributed by atoms with van der Waals surface area (Å²) in [5, 5.41) is 3.76. The lowest BCUT2D eigenvalue weighted by Gasteiger charge is -2.32. The van der Waals surface area contributed by atoms with Crippen molar-refractivity contribution in [3.8, 4) is 0 Å². The fraction of sp³-hybridized carbons (Fsp3) is 0.647. The minimum atomic E-state index is -0.332. The number of ether oxygens (including phenoxy) is 1. The number of hydrogen-bond acceptors (Lipinski definition) is 2. The van der Waals surface area contributed by atoms with E-state index in [0.29, 0.717) is 5.41 Å². The smallest absolute Gasteiger partial charge is 0.141 e. The highest BCUT2D eigenvalue weighted by Crippen LogP contribution is 2.60. The van der Waals surface area contributed by atoms with Crippen molar-refractivity contribution in [1.82, 2.24) is 5.32 Å². The maximum absolute atomic E-state index is 13.3. The molecule has 3 rings (SSSR count). The van der Waals surface area contributed by atoms with Gasteiger partial charge in [-0.05, 0) is 60.6 Å². The number of benzene rings is 1. The van der Waals surface area contributed by atoms with Gasteiger partial charge in [-0.1, -0.05) is 17.7 Å². The Balaban J connectivity index is 1.66. The highest BCUT2D eigenvalue weighted by atomic mass is 35.5. The fourth-order valence-corrected chi connectivity index (χ4v) is 4.17. The molecule has 0 aliphatic heterocycles. The zero-order valence-electron chi connectivity index (χ0n) is 12.5. The van der Waals surface area contributed by atoms with Crippen LogP contribution in [0.3, 0.4) is 0 Å². The SMILES string of the molecule is COCCNCC1(Cc2ccc(F)c(Cl)c2)CC2CC2C1. The van der Waals surface area contributed by atoms with Gasteiger partial charge in [0, 0.05) is 20.2 Å². The minimum Gasteiger partial charge on any atom is -0.383 e. The molecule has 21 heavy (non-hydrogen) atoms. The summed E-state index contributed by atoms with van der Waals surface area (Å²) in [6, 6.07) is 5.15. The maximum Gasteiger partial charge on any atom is 0.141 e. The summed E-state index contributed by atoms with van der Waals surface area (Å²) >= 11 is 5.92. The van der Waals surface area contributed by atoms with Crippen LogP contribution in [0.4, 0.5) is 4.39 Å². The number of methoxy groups -OCH3 is 1. The van der Waals surface area contributed by atoms with Crippen LogP contribution in [0.1, 0.15) is 24.8 Å². The van der Waals surface area contributed by atoms with E-state index in [1.165, 1.54) is 25.3 Å². The number of hydrogen-bond donors (Lipinski definition) is 1. The molecule has 2 aliphatic carbocycles. The molecule has 116 valence electrons. The van der Waals surface area contributed by atoms with Gasteiger partial charge in [-0.15, -0.1) is 0 Å². The lowest BCUT2D eigenvalue weighted by atomic mass is 9.77. The molecule has 4 heteroatoms. The Morgan fingerprint density at radius 1 is 1.38 bits per heavy atom. The highest BCUT2D eigenvalue weighted by molar-refractivity contribution is 6.30. The molecule has 0 amide bonds. The van der Waals surface area contributed by atoms with Gasteiger partial charge < -0.3 is 10.1 Å². The van der Waals surface area contributed by atoms with Crippen LogP contribution in [0.15, 0.2) is 18.2 Å². The summed E-state index contributed by atoms with van der Waals surface area (Å²) in [6.45, 7) is 2.64. The molecule has 2 atom stereocenters. The van der Waals surface area contributed by atoms with E-state index in [2.05, 4.69) is 5.32 Å². The van der Waals surface area contributed by atoms with Gasteiger partial charge >= 0.3 is 0 Å². The van der Waals surface area contributed by atoms with Crippen LogP contribution in [0.25, 0.3) is 0 Å². The molecule has 1 aromatic carbocycles. The van der Waals surface area contributed by atoms with Gasteiger partial charge in [0.15, 0.2) is 0 Å². The highest BCUT2D eigenvalue weighted by Gasteiger charge is 2.53. The van der Waals surface area contributed by atoms with Gasteiger partial charge in [-0.25, -0.2) is 4.39 Å². The van der Waals surface area contributed by atoms with Crippen LogP contribution in [0.5, 0.6) is 0 Å². The van der Waals surface area contributed by atoms with E-state index in [-0.39, 0.29) is 10.8 Å². The van der Waals surface area contributed by atoms with Crippen molar-refractivity contribution >= 4 is 11.6 Å². The first kappa shape index (κ1) is 15.3. The molecule has 2 nitrogen and oxygen atoms in total. The van der Waals surface area contributed by atoms with Crippen molar-refractivity contribution in [1.29, 1.82) is 0 Å². The molecular weight excluding hydrogens is 289 g/mol. The molecule has 0 radical (unpaired) electrons. The summed E-state index contributed by atoms with van der Waals surface area (Å²) in [6.07, 6.45) is 4.96. The van der Waals surface area contributed by atoms with Crippen LogP contribution in [0.2, 0.25) is 5.02 Å². The molecular formula is C17H23ClFNO. The van der Waals surface area contributed by atoms with E-state index in [1.807, 2.05) is 6.07 Å². The fourth-order valence-electron chi connectivity index (χ4n) is 3.97. The van der Waals surface area contributed by atoms with E-state index in [1.54, 1.807) is 13.2 Å². The van der Waals surface area contributed by atoms with Gasteiger partial charge in [0.25, 0.3) is 0 Å². The van der Waals surface area contributed by atoms with Crippen molar-refractivity contribution < 1.29 is 9.13 Å². The third-order valence-corrected chi connectivity index (χ3v) is 5.30. The molecule has 0 bridgehead atoms. The van der Waals surface area contributed by atoms with Crippen molar-refractivity contribution in [2.45, 2.75) is 25.7 Å². The maximum atomic E-state index is 13.3. The summed E-state index contributed by atoms with van der Waals surface area (Å²) < 4.78 is 18.4. The van der Waals surface area contributed by atoms with Gasteiger partial charge in [0.1, 0.15) is 5.82 Å². The van der Waals surface area contributed by atoms with Gasteiger partial charge in [0.2, 0.25) is 0 Å². The first-order chi connectivity index (χ1) is 10.1. The van der Waals surface area contributed by atoms with Crippen molar-refractivity contribution in [3.05, 3.63) is 34.6 Å². The molecule has 2 fully saturated rings. The Morgan fingerprint density at radius 3 is 2.81 bits per heavy atom. The van der Waals surface area contributed by atoms with E-state index in [0.717, 1.165) is 43.5 Å². The van der Waals surface area contributed by atoms with Gasteiger partial charge in [0.05, 0.1) is 11.6 Å². The van der Waals surface area contributed by atoms with Crippen LogP contribution in [-0.2, 0) is 11.2 Å². The predicted molar refractivity (Wildman–Crippen MR) is 83.1 cm³/mol. The summed E-state index contributed by atoms with van der Waals surface area (Å²) in [5.41, 5.74) is 1.46. The molecule has 0 aromatic heterocycles. The third kappa shape index (κ3) is 3.58. The standard InChI is InChI=1S/C17H23ClFNO/c1-21-5-4-20-11-17(9-13-7-14(13)10-17)8-12-2-3-16(19)15(18)6-12/h2-3,6,13-14,20H,4-5,7-11H2,1H3. The van der Waals surface area contributed by atoms with Crippen molar-refractivity contribution in [2.75, 3.05) is 26.8 Å². The number of nitrogens with one attached hydrogen (secondary N) is 1. The quantitative estimate of drug-likeness (QED) is 0.776. The molecule has 2 unspecified atom stereocenters. The Morgan fingerprint density at radius 2 is 2.14 bits per heavy atom. The molecule has 1 aromatic rings.